The van der Waals surface area contributed by atoms with Crippen molar-refractivity contribution in [1.82, 2.24) is 0 Å². The first kappa shape index (κ1) is 12.2. The van der Waals surface area contributed by atoms with Crippen LogP contribution < -0.4 is 5.73 Å². The minimum atomic E-state index is 0.0173. The molecule has 3 atom stereocenters. The number of hydrogen-bond acceptors (Lipinski definition) is 1. The molecule has 0 saturated heterocycles. The van der Waals surface area contributed by atoms with Gasteiger partial charge in [-0.3, -0.25) is 0 Å². The van der Waals surface area contributed by atoms with Gasteiger partial charge in [-0.1, -0.05) is 55.1 Å². The van der Waals surface area contributed by atoms with E-state index in [0.717, 1.165) is 5.56 Å². The Balaban J connectivity index is 2.26. The van der Waals surface area contributed by atoms with Crippen LogP contribution in [-0.4, -0.2) is 0 Å². The van der Waals surface area contributed by atoms with Crippen LogP contribution in [0.2, 0.25) is 10.0 Å². The molecule has 1 aromatic rings. The summed E-state index contributed by atoms with van der Waals surface area (Å²) in [6.45, 7) is 2.27. The van der Waals surface area contributed by atoms with Gasteiger partial charge in [-0.05, 0) is 29.9 Å². The van der Waals surface area contributed by atoms with Crippen molar-refractivity contribution in [1.29, 1.82) is 0 Å². The van der Waals surface area contributed by atoms with Crippen molar-refractivity contribution in [2.45, 2.75) is 32.2 Å². The van der Waals surface area contributed by atoms with Gasteiger partial charge in [0.15, 0.2) is 0 Å². The van der Waals surface area contributed by atoms with Crippen molar-refractivity contribution in [3.05, 3.63) is 33.8 Å². The van der Waals surface area contributed by atoms with Crippen molar-refractivity contribution in [3.63, 3.8) is 0 Å². The number of halogens is 2. The molecule has 1 nitrogen and oxygen atoms in total. The second-order valence-corrected chi connectivity index (χ2v) is 5.53. The molecule has 88 valence electrons. The lowest BCUT2D eigenvalue weighted by Gasteiger charge is -2.24. The fourth-order valence-corrected chi connectivity index (χ4v) is 3.15. The normalized spacial score (nSPS) is 27.0. The summed E-state index contributed by atoms with van der Waals surface area (Å²) in [4.78, 5) is 0. The molecule has 2 rings (SSSR count). The summed E-state index contributed by atoms with van der Waals surface area (Å²) < 4.78 is 0. The van der Waals surface area contributed by atoms with E-state index in [1.807, 2.05) is 12.1 Å². The number of benzene rings is 1. The Morgan fingerprint density at radius 2 is 2.06 bits per heavy atom. The maximum Gasteiger partial charge on any atom is 0.0640 e. The van der Waals surface area contributed by atoms with Gasteiger partial charge in [0.25, 0.3) is 0 Å². The molecule has 0 radical (unpaired) electrons. The van der Waals surface area contributed by atoms with Crippen LogP contribution in [0.25, 0.3) is 0 Å². The summed E-state index contributed by atoms with van der Waals surface area (Å²) in [5.74, 6) is 1.22. The van der Waals surface area contributed by atoms with Gasteiger partial charge in [0, 0.05) is 6.04 Å². The fraction of sp³-hybridized carbons (Fsp3) is 0.538. The number of rotatable bonds is 2. The Kier molecular flexibility index (Phi) is 3.78. The number of nitrogens with two attached hydrogens (primary N) is 1. The van der Waals surface area contributed by atoms with Gasteiger partial charge < -0.3 is 5.73 Å². The second-order valence-electron chi connectivity index (χ2n) is 4.74. The van der Waals surface area contributed by atoms with Crippen molar-refractivity contribution >= 4 is 23.2 Å². The van der Waals surface area contributed by atoms with Crippen LogP contribution in [0.1, 0.15) is 37.8 Å². The van der Waals surface area contributed by atoms with Crippen molar-refractivity contribution in [2.24, 2.45) is 17.6 Å². The van der Waals surface area contributed by atoms with Crippen LogP contribution >= 0.6 is 23.2 Å². The molecule has 0 aliphatic heterocycles. The van der Waals surface area contributed by atoms with E-state index in [9.17, 15) is 0 Å². The Morgan fingerprint density at radius 3 is 2.69 bits per heavy atom. The Morgan fingerprint density at radius 1 is 1.31 bits per heavy atom. The molecule has 0 amide bonds. The quantitative estimate of drug-likeness (QED) is 0.834. The fourth-order valence-electron chi connectivity index (χ4n) is 2.72. The minimum absolute atomic E-state index is 0.0173. The predicted molar refractivity (Wildman–Crippen MR) is 69.9 cm³/mol. The Hall–Kier alpha value is -0.240. The molecule has 3 unspecified atom stereocenters. The third-order valence-corrected chi connectivity index (χ3v) is 4.56. The molecule has 0 spiro atoms. The lowest BCUT2D eigenvalue weighted by Crippen LogP contribution is -2.23. The zero-order valence-corrected chi connectivity index (χ0v) is 10.9. The Bertz CT molecular complexity index is 378. The summed E-state index contributed by atoms with van der Waals surface area (Å²) in [5, 5.41) is 1.22. The van der Waals surface area contributed by atoms with Crippen LogP contribution in [0.5, 0.6) is 0 Å². The maximum atomic E-state index is 6.32. The highest BCUT2D eigenvalue weighted by Crippen LogP contribution is 2.41. The SMILES string of the molecule is CC1CCCC1C(N)c1cccc(Cl)c1Cl. The van der Waals surface area contributed by atoms with Crippen LogP contribution in [0.3, 0.4) is 0 Å². The van der Waals surface area contributed by atoms with Crippen LogP contribution in [0.15, 0.2) is 18.2 Å². The van der Waals surface area contributed by atoms with E-state index in [-0.39, 0.29) is 6.04 Å². The Labute approximate surface area is 107 Å². The minimum Gasteiger partial charge on any atom is -0.324 e. The van der Waals surface area contributed by atoms with Gasteiger partial charge in [0.2, 0.25) is 0 Å². The maximum absolute atomic E-state index is 6.32. The van der Waals surface area contributed by atoms with Gasteiger partial charge in [0.1, 0.15) is 0 Å². The zero-order chi connectivity index (χ0) is 11.7. The van der Waals surface area contributed by atoms with E-state index in [4.69, 9.17) is 28.9 Å². The van der Waals surface area contributed by atoms with E-state index >= 15 is 0 Å². The predicted octanol–water partition coefficient (Wildman–Crippen LogP) is 4.43. The molecule has 1 fully saturated rings. The molecule has 1 saturated carbocycles. The lowest BCUT2D eigenvalue weighted by molar-refractivity contribution is 0.351. The molecular weight excluding hydrogens is 241 g/mol. The van der Waals surface area contributed by atoms with Crippen LogP contribution in [0.4, 0.5) is 0 Å². The van der Waals surface area contributed by atoms with Gasteiger partial charge in [-0.15, -0.1) is 0 Å². The summed E-state index contributed by atoms with van der Waals surface area (Å²) in [5.41, 5.74) is 7.31. The average molecular weight is 258 g/mol. The highest BCUT2D eigenvalue weighted by atomic mass is 35.5. The van der Waals surface area contributed by atoms with E-state index in [0.29, 0.717) is 21.9 Å². The molecule has 3 heteroatoms. The highest BCUT2D eigenvalue weighted by molar-refractivity contribution is 6.42. The molecule has 16 heavy (non-hydrogen) atoms. The average Bonchev–Trinajstić information content (AvgIpc) is 2.68. The first-order valence-electron chi connectivity index (χ1n) is 5.80. The molecule has 0 bridgehead atoms. The van der Waals surface area contributed by atoms with Gasteiger partial charge in [-0.25, -0.2) is 0 Å². The molecule has 0 aromatic heterocycles. The molecule has 1 aromatic carbocycles. The van der Waals surface area contributed by atoms with Gasteiger partial charge >= 0.3 is 0 Å². The van der Waals surface area contributed by atoms with Gasteiger partial charge in [0.05, 0.1) is 10.0 Å². The number of hydrogen-bond donors (Lipinski definition) is 1. The topological polar surface area (TPSA) is 26.0 Å². The summed E-state index contributed by atoms with van der Waals surface area (Å²) in [7, 11) is 0. The highest BCUT2D eigenvalue weighted by Gasteiger charge is 2.30. The van der Waals surface area contributed by atoms with Crippen LogP contribution in [0, 0.1) is 11.8 Å². The first-order chi connectivity index (χ1) is 7.61. The standard InChI is InChI=1S/C13H17Cl2N/c1-8-4-2-5-9(8)13(16)10-6-3-7-11(14)12(10)15/h3,6-9,13H,2,4-5,16H2,1H3. The third kappa shape index (κ3) is 2.22. The van der Waals surface area contributed by atoms with E-state index in [1.165, 1.54) is 19.3 Å². The monoisotopic (exact) mass is 257 g/mol. The molecule has 2 N–H and O–H groups in total. The van der Waals surface area contributed by atoms with Crippen molar-refractivity contribution in [2.75, 3.05) is 0 Å². The third-order valence-electron chi connectivity index (χ3n) is 3.73. The van der Waals surface area contributed by atoms with E-state index in [2.05, 4.69) is 6.92 Å². The first-order valence-corrected chi connectivity index (χ1v) is 6.56. The lowest BCUT2D eigenvalue weighted by atomic mass is 9.86. The summed E-state index contributed by atoms with van der Waals surface area (Å²) in [6.07, 6.45) is 3.75. The van der Waals surface area contributed by atoms with E-state index < -0.39 is 0 Å². The largest absolute Gasteiger partial charge is 0.324 e. The smallest absolute Gasteiger partial charge is 0.0640 e. The van der Waals surface area contributed by atoms with E-state index in [1.54, 1.807) is 6.07 Å². The summed E-state index contributed by atoms with van der Waals surface area (Å²) >= 11 is 12.2. The molecule has 1 aliphatic carbocycles. The zero-order valence-electron chi connectivity index (χ0n) is 9.42. The molecule has 0 heterocycles. The summed E-state index contributed by atoms with van der Waals surface area (Å²) in [6, 6.07) is 5.73. The van der Waals surface area contributed by atoms with Crippen molar-refractivity contribution in [3.8, 4) is 0 Å². The molecule has 1 aliphatic rings. The molecular formula is C13H17Cl2N. The van der Waals surface area contributed by atoms with Gasteiger partial charge in [-0.2, -0.15) is 0 Å². The second kappa shape index (κ2) is 4.95. The van der Waals surface area contributed by atoms with Crippen LogP contribution in [-0.2, 0) is 0 Å². The van der Waals surface area contributed by atoms with Crippen molar-refractivity contribution < 1.29 is 0 Å².